The molecule has 1 atom stereocenters. The molecule has 0 aromatic heterocycles. The van der Waals surface area contributed by atoms with Crippen molar-refractivity contribution in [3.63, 3.8) is 0 Å². The Balaban J connectivity index is 1.59. The Bertz CT molecular complexity index is 897. The van der Waals surface area contributed by atoms with Gasteiger partial charge in [0.05, 0.1) is 7.11 Å². The third-order valence-electron chi connectivity index (χ3n) is 4.72. The minimum absolute atomic E-state index is 0.237. The fourth-order valence-corrected chi connectivity index (χ4v) is 3.35. The predicted molar refractivity (Wildman–Crippen MR) is 105 cm³/mol. The molecule has 2 aromatic rings. The molecule has 0 saturated heterocycles. The van der Waals surface area contributed by atoms with Crippen molar-refractivity contribution in [2.24, 2.45) is 0 Å². The zero-order chi connectivity index (χ0) is 20.1. The molecule has 0 saturated carbocycles. The van der Waals surface area contributed by atoms with Crippen LogP contribution in [0.2, 0.25) is 0 Å². The molecule has 7 heteroatoms. The quantitative estimate of drug-likeness (QED) is 0.744. The minimum atomic E-state index is -0.844. The van der Waals surface area contributed by atoms with Gasteiger partial charge in [-0.3, -0.25) is 14.4 Å². The number of hydrogen-bond donors (Lipinski definition) is 2. The Morgan fingerprint density at radius 1 is 1.07 bits per heavy atom. The molecule has 2 N–H and O–H groups in total. The number of methoxy groups -OCH3 is 1. The van der Waals surface area contributed by atoms with Crippen LogP contribution in [-0.2, 0) is 20.8 Å². The number of fused-ring (bicyclic) bond motifs is 1. The third kappa shape index (κ3) is 3.83. The van der Waals surface area contributed by atoms with Crippen molar-refractivity contribution in [1.82, 2.24) is 10.6 Å². The SMILES string of the molecule is CCN1C(=O)[C@H](NC(=O)C(=O)NCCc2ccccc2OC)c2ccccc21. The Kier molecular flexibility index (Phi) is 5.93. The topological polar surface area (TPSA) is 87.7 Å². The van der Waals surface area contributed by atoms with E-state index < -0.39 is 17.9 Å². The zero-order valence-corrected chi connectivity index (χ0v) is 15.9. The molecule has 146 valence electrons. The molecular weight excluding hydrogens is 358 g/mol. The van der Waals surface area contributed by atoms with Gasteiger partial charge in [0.15, 0.2) is 0 Å². The Morgan fingerprint density at radius 3 is 2.54 bits per heavy atom. The van der Waals surface area contributed by atoms with E-state index in [4.69, 9.17) is 4.74 Å². The number of rotatable bonds is 6. The second-order valence-electron chi connectivity index (χ2n) is 6.37. The van der Waals surface area contributed by atoms with Crippen molar-refractivity contribution in [3.05, 3.63) is 59.7 Å². The summed E-state index contributed by atoms with van der Waals surface area (Å²) in [6, 6.07) is 13.9. The first kappa shape index (κ1) is 19.4. The molecule has 0 spiro atoms. The van der Waals surface area contributed by atoms with Crippen molar-refractivity contribution in [1.29, 1.82) is 0 Å². The number of likely N-dealkylation sites (N-methyl/N-ethyl adjacent to an activating group) is 1. The van der Waals surface area contributed by atoms with Crippen molar-refractivity contribution in [2.45, 2.75) is 19.4 Å². The number of amides is 3. The standard InChI is InChI=1S/C21H23N3O4/c1-3-24-16-10-6-5-9-15(16)18(21(24)27)23-20(26)19(25)22-13-12-14-8-4-7-11-17(14)28-2/h4-11,18H,3,12-13H2,1-2H3,(H,22,25)(H,23,26)/t18-/m1/s1. The summed E-state index contributed by atoms with van der Waals surface area (Å²) < 4.78 is 5.27. The van der Waals surface area contributed by atoms with Crippen molar-refractivity contribution in [2.75, 3.05) is 25.1 Å². The van der Waals surface area contributed by atoms with Crippen molar-refractivity contribution in [3.8, 4) is 5.75 Å². The van der Waals surface area contributed by atoms with Crippen LogP contribution >= 0.6 is 0 Å². The molecule has 0 fully saturated rings. The summed E-state index contributed by atoms with van der Waals surface area (Å²) in [5.74, 6) is -1.10. The van der Waals surface area contributed by atoms with E-state index >= 15 is 0 Å². The predicted octanol–water partition coefficient (Wildman–Crippen LogP) is 1.58. The Hall–Kier alpha value is -3.35. The van der Waals surface area contributed by atoms with Crippen molar-refractivity contribution < 1.29 is 19.1 Å². The maximum absolute atomic E-state index is 12.6. The van der Waals surface area contributed by atoms with Gasteiger partial charge in [0, 0.05) is 24.3 Å². The number of para-hydroxylation sites is 2. The van der Waals surface area contributed by atoms with E-state index in [0.29, 0.717) is 18.5 Å². The summed E-state index contributed by atoms with van der Waals surface area (Å²) in [4.78, 5) is 38.6. The summed E-state index contributed by atoms with van der Waals surface area (Å²) in [6.45, 7) is 2.64. The monoisotopic (exact) mass is 381 g/mol. The molecule has 0 unspecified atom stereocenters. The van der Waals surface area contributed by atoms with Gasteiger partial charge in [-0.1, -0.05) is 36.4 Å². The molecule has 7 nitrogen and oxygen atoms in total. The van der Waals surface area contributed by atoms with Crippen LogP contribution in [0.3, 0.4) is 0 Å². The smallest absolute Gasteiger partial charge is 0.310 e. The van der Waals surface area contributed by atoms with E-state index in [0.717, 1.165) is 17.0 Å². The number of carbonyl (C=O) groups excluding carboxylic acids is 3. The first-order chi connectivity index (χ1) is 13.6. The van der Waals surface area contributed by atoms with Crippen molar-refractivity contribution >= 4 is 23.4 Å². The number of ether oxygens (including phenoxy) is 1. The van der Waals surface area contributed by atoms with Gasteiger partial charge in [0.1, 0.15) is 11.8 Å². The first-order valence-corrected chi connectivity index (χ1v) is 9.17. The van der Waals surface area contributed by atoms with E-state index in [1.807, 2.05) is 43.3 Å². The number of hydrogen-bond acceptors (Lipinski definition) is 4. The van der Waals surface area contributed by atoms with Gasteiger partial charge in [-0.05, 0) is 31.0 Å². The number of benzene rings is 2. The van der Waals surface area contributed by atoms with Crippen LogP contribution in [-0.4, -0.2) is 37.9 Å². The molecular formula is C21H23N3O4. The van der Waals surface area contributed by atoms with Crippen LogP contribution in [0.15, 0.2) is 48.5 Å². The summed E-state index contributed by atoms with van der Waals surface area (Å²) in [7, 11) is 1.58. The average molecular weight is 381 g/mol. The van der Waals surface area contributed by atoms with Crippen LogP contribution in [0.5, 0.6) is 5.75 Å². The van der Waals surface area contributed by atoms with E-state index in [1.54, 1.807) is 24.1 Å². The second kappa shape index (κ2) is 8.56. The lowest BCUT2D eigenvalue weighted by Crippen LogP contribution is -2.44. The average Bonchev–Trinajstić information content (AvgIpc) is 2.99. The fraction of sp³-hybridized carbons (Fsp3) is 0.286. The Morgan fingerprint density at radius 2 is 1.79 bits per heavy atom. The van der Waals surface area contributed by atoms with Gasteiger partial charge in [0.2, 0.25) is 0 Å². The van der Waals surface area contributed by atoms with Crippen LogP contribution in [0.4, 0.5) is 5.69 Å². The molecule has 2 aromatic carbocycles. The molecule has 1 aliphatic rings. The number of anilines is 1. The van der Waals surface area contributed by atoms with Crippen LogP contribution in [0.25, 0.3) is 0 Å². The molecule has 3 amide bonds. The van der Waals surface area contributed by atoms with E-state index in [9.17, 15) is 14.4 Å². The summed E-state index contributed by atoms with van der Waals surface area (Å²) in [5, 5.41) is 5.14. The number of nitrogens with one attached hydrogen (secondary N) is 2. The highest BCUT2D eigenvalue weighted by Crippen LogP contribution is 2.35. The maximum atomic E-state index is 12.6. The highest BCUT2D eigenvalue weighted by Gasteiger charge is 2.37. The fourth-order valence-electron chi connectivity index (χ4n) is 3.35. The molecule has 1 heterocycles. The van der Waals surface area contributed by atoms with Gasteiger partial charge >= 0.3 is 11.8 Å². The number of carbonyl (C=O) groups is 3. The zero-order valence-electron chi connectivity index (χ0n) is 15.9. The third-order valence-corrected chi connectivity index (χ3v) is 4.72. The number of nitrogens with zero attached hydrogens (tertiary/aromatic N) is 1. The summed E-state index contributed by atoms with van der Waals surface area (Å²) in [5.41, 5.74) is 2.39. The van der Waals surface area contributed by atoms with E-state index in [1.165, 1.54) is 0 Å². The van der Waals surface area contributed by atoms with Gasteiger partial charge in [-0.15, -0.1) is 0 Å². The van der Waals surface area contributed by atoms with Gasteiger partial charge in [0.25, 0.3) is 5.91 Å². The lowest BCUT2D eigenvalue weighted by Gasteiger charge is -2.15. The normalized spacial score (nSPS) is 15.1. The lowest BCUT2D eigenvalue weighted by molar-refractivity contribution is -0.140. The highest BCUT2D eigenvalue weighted by atomic mass is 16.5. The molecule has 0 radical (unpaired) electrons. The van der Waals surface area contributed by atoms with Crippen LogP contribution < -0.4 is 20.3 Å². The highest BCUT2D eigenvalue weighted by molar-refractivity contribution is 6.35. The molecule has 28 heavy (non-hydrogen) atoms. The van der Waals surface area contributed by atoms with Crippen LogP contribution in [0, 0.1) is 0 Å². The van der Waals surface area contributed by atoms with Gasteiger partial charge < -0.3 is 20.3 Å². The Labute approximate surface area is 163 Å². The van der Waals surface area contributed by atoms with Gasteiger partial charge in [-0.25, -0.2) is 0 Å². The lowest BCUT2D eigenvalue weighted by atomic mass is 10.1. The van der Waals surface area contributed by atoms with E-state index in [2.05, 4.69) is 10.6 Å². The van der Waals surface area contributed by atoms with E-state index in [-0.39, 0.29) is 12.5 Å². The molecule has 3 rings (SSSR count). The molecule has 0 bridgehead atoms. The second-order valence-corrected chi connectivity index (χ2v) is 6.37. The molecule has 0 aliphatic carbocycles. The largest absolute Gasteiger partial charge is 0.496 e. The minimum Gasteiger partial charge on any atom is -0.496 e. The first-order valence-electron chi connectivity index (χ1n) is 9.17. The van der Waals surface area contributed by atoms with Crippen LogP contribution in [0.1, 0.15) is 24.1 Å². The van der Waals surface area contributed by atoms with Gasteiger partial charge in [-0.2, -0.15) is 0 Å². The maximum Gasteiger partial charge on any atom is 0.310 e. The molecule has 1 aliphatic heterocycles. The summed E-state index contributed by atoms with van der Waals surface area (Å²) >= 11 is 0. The summed E-state index contributed by atoms with van der Waals surface area (Å²) in [6.07, 6.45) is 0.526.